The van der Waals surface area contributed by atoms with Gasteiger partial charge in [0, 0.05) is 42.7 Å². The summed E-state index contributed by atoms with van der Waals surface area (Å²) in [6.45, 7) is 0. The molecular formula is C17H14O3. The van der Waals surface area contributed by atoms with Gasteiger partial charge >= 0.3 is 0 Å². The van der Waals surface area contributed by atoms with E-state index < -0.39 is 0 Å². The second-order valence-electron chi connectivity index (χ2n) is 5.47. The Morgan fingerprint density at radius 2 is 1.35 bits per heavy atom. The highest BCUT2D eigenvalue weighted by Crippen LogP contribution is 2.49. The molecule has 4 rings (SSSR count). The van der Waals surface area contributed by atoms with Crippen LogP contribution in [0.5, 0.6) is 0 Å². The zero-order valence-corrected chi connectivity index (χ0v) is 11.0. The van der Waals surface area contributed by atoms with Crippen LogP contribution in [0.25, 0.3) is 0 Å². The van der Waals surface area contributed by atoms with Crippen molar-refractivity contribution in [3.8, 4) is 0 Å². The van der Waals surface area contributed by atoms with Crippen molar-refractivity contribution in [2.45, 2.75) is 31.6 Å². The fourth-order valence-electron chi connectivity index (χ4n) is 3.43. The number of carbonyl (C=O) groups is 2. The minimum atomic E-state index is -0.208. The van der Waals surface area contributed by atoms with Gasteiger partial charge in [-0.05, 0) is 5.56 Å². The first-order chi connectivity index (χ1) is 9.75. The van der Waals surface area contributed by atoms with Crippen molar-refractivity contribution in [3.63, 3.8) is 0 Å². The SMILES string of the molecule is O=C1CCC2=C1C(c1ccccc1)C1=C(CCC1=O)O2. The standard InChI is InChI=1S/C17H14O3/c18-11-6-8-13-16(11)15(10-4-2-1-3-5-10)17-12(19)7-9-14(17)20-13/h1-5,15H,6-9H2. The predicted octanol–water partition coefficient (Wildman–Crippen LogP) is 3.03. The minimum Gasteiger partial charge on any atom is -0.465 e. The third kappa shape index (κ3) is 1.52. The van der Waals surface area contributed by atoms with Gasteiger partial charge in [0.1, 0.15) is 11.5 Å². The van der Waals surface area contributed by atoms with E-state index in [1.807, 2.05) is 30.3 Å². The third-order valence-electron chi connectivity index (χ3n) is 4.32. The lowest BCUT2D eigenvalue weighted by Gasteiger charge is -2.26. The first-order valence-corrected chi connectivity index (χ1v) is 7.01. The van der Waals surface area contributed by atoms with Crippen LogP contribution in [-0.4, -0.2) is 11.6 Å². The number of hydrogen-bond donors (Lipinski definition) is 0. The molecule has 0 saturated carbocycles. The van der Waals surface area contributed by atoms with Crippen LogP contribution < -0.4 is 0 Å². The zero-order chi connectivity index (χ0) is 13.7. The van der Waals surface area contributed by atoms with E-state index in [4.69, 9.17) is 4.74 Å². The largest absolute Gasteiger partial charge is 0.465 e. The molecule has 3 aliphatic rings. The number of carbonyl (C=O) groups excluding carboxylic acids is 2. The van der Waals surface area contributed by atoms with Gasteiger partial charge in [-0.15, -0.1) is 0 Å². The first-order valence-electron chi connectivity index (χ1n) is 7.01. The topological polar surface area (TPSA) is 43.4 Å². The van der Waals surface area contributed by atoms with E-state index in [1.54, 1.807) is 0 Å². The smallest absolute Gasteiger partial charge is 0.163 e. The molecule has 0 unspecified atom stereocenters. The van der Waals surface area contributed by atoms with E-state index in [0.29, 0.717) is 36.8 Å². The summed E-state index contributed by atoms with van der Waals surface area (Å²) in [6, 6.07) is 9.82. The highest BCUT2D eigenvalue weighted by atomic mass is 16.5. The zero-order valence-electron chi connectivity index (χ0n) is 11.0. The summed E-state index contributed by atoms with van der Waals surface area (Å²) in [5.41, 5.74) is 2.44. The third-order valence-corrected chi connectivity index (χ3v) is 4.32. The molecule has 1 heterocycles. The molecule has 0 aromatic heterocycles. The monoisotopic (exact) mass is 266 g/mol. The van der Waals surface area contributed by atoms with Crippen molar-refractivity contribution in [2.24, 2.45) is 0 Å². The molecule has 0 saturated heterocycles. The summed E-state index contributed by atoms with van der Waals surface area (Å²) in [4.78, 5) is 24.4. The molecule has 0 N–H and O–H groups in total. The van der Waals surface area contributed by atoms with Gasteiger partial charge in [-0.1, -0.05) is 30.3 Å². The molecule has 1 aliphatic heterocycles. The van der Waals surface area contributed by atoms with Crippen LogP contribution in [0.4, 0.5) is 0 Å². The van der Waals surface area contributed by atoms with Crippen LogP contribution in [-0.2, 0) is 14.3 Å². The summed E-state index contributed by atoms with van der Waals surface area (Å²) in [5.74, 6) is 1.62. The summed E-state index contributed by atoms with van der Waals surface area (Å²) >= 11 is 0. The fraction of sp³-hybridized carbons (Fsp3) is 0.294. The van der Waals surface area contributed by atoms with E-state index in [9.17, 15) is 9.59 Å². The Morgan fingerprint density at radius 3 is 1.90 bits per heavy atom. The van der Waals surface area contributed by atoms with E-state index >= 15 is 0 Å². The number of allylic oxidation sites excluding steroid dienone is 4. The average Bonchev–Trinajstić information content (AvgIpc) is 3.03. The second kappa shape index (κ2) is 4.17. The van der Waals surface area contributed by atoms with Gasteiger partial charge in [-0.3, -0.25) is 9.59 Å². The molecule has 1 aromatic rings. The van der Waals surface area contributed by atoms with Crippen LogP contribution >= 0.6 is 0 Å². The highest BCUT2D eigenvalue weighted by Gasteiger charge is 2.43. The minimum absolute atomic E-state index is 0.125. The normalized spacial score (nSPS) is 22.2. The molecule has 0 bridgehead atoms. The molecule has 0 fully saturated rings. The van der Waals surface area contributed by atoms with Crippen LogP contribution in [0, 0.1) is 0 Å². The number of ether oxygens (including phenoxy) is 1. The lowest BCUT2D eigenvalue weighted by Crippen LogP contribution is -2.19. The van der Waals surface area contributed by atoms with Gasteiger partial charge in [-0.25, -0.2) is 0 Å². The van der Waals surface area contributed by atoms with Crippen LogP contribution in [0.2, 0.25) is 0 Å². The van der Waals surface area contributed by atoms with Crippen molar-refractivity contribution in [1.29, 1.82) is 0 Å². The summed E-state index contributed by atoms with van der Waals surface area (Å²) in [7, 11) is 0. The van der Waals surface area contributed by atoms with E-state index in [1.165, 1.54) is 0 Å². The predicted molar refractivity (Wildman–Crippen MR) is 72.8 cm³/mol. The van der Waals surface area contributed by atoms with E-state index in [-0.39, 0.29) is 17.5 Å². The van der Waals surface area contributed by atoms with Crippen molar-refractivity contribution < 1.29 is 14.3 Å². The van der Waals surface area contributed by atoms with E-state index in [0.717, 1.165) is 17.1 Å². The Hall–Kier alpha value is -2.16. The highest BCUT2D eigenvalue weighted by molar-refractivity contribution is 6.07. The Labute approximate surface area is 116 Å². The summed E-state index contributed by atoms with van der Waals surface area (Å²) in [5, 5.41) is 0. The lowest BCUT2D eigenvalue weighted by atomic mass is 9.81. The number of ketones is 2. The maximum atomic E-state index is 12.2. The maximum absolute atomic E-state index is 12.2. The number of benzene rings is 1. The molecule has 0 atom stereocenters. The Morgan fingerprint density at radius 1 is 0.800 bits per heavy atom. The molecule has 1 aromatic carbocycles. The fourth-order valence-corrected chi connectivity index (χ4v) is 3.43. The lowest BCUT2D eigenvalue weighted by molar-refractivity contribution is -0.115. The Balaban J connectivity index is 1.91. The van der Waals surface area contributed by atoms with Crippen LogP contribution in [0.15, 0.2) is 53.0 Å². The first kappa shape index (κ1) is 11.6. The van der Waals surface area contributed by atoms with Crippen LogP contribution in [0.1, 0.15) is 37.2 Å². The van der Waals surface area contributed by atoms with Crippen molar-refractivity contribution in [1.82, 2.24) is 0 Å². The number of rotatable bonds is 1. The quantitative estimate of drug-likeness (QED) is 0.784. The summed E-state index contributed by atoms with van der Waals surface area (Å²) in [6.07, 6.45) is 2.34. The Kier molecular flexibility index (Phi) is 2.43. The molecule has 0 radical (unpaired) electrons. The molecule has 2 aliphatic carbocycles. The molecule has 20 heavy (non-hydrogen) atoms. The number of hydrogen-bond acceptors (Lipinski definition) is 3. The van der Waals surface area contributed by atoms with Gasteiger partial charge in [0.25, 0.3) is 0 Å². The average molecular weight is 266 g/mol. The van der Waals surface area contributed by atoms with Gasteiger partial charge < -0.3 is 4.74 Å². The van der Waals surface area contributed by atoms with E-state index in [2.05, 4.69) is 0 Å². The summed E-state index contributed by atoms with van der Waals surface area (Å²) < 4.78 is 5.84. The van der Waals surface area contributed by atoms with Crippen molar-refractivity contribution in [3.05, 3.63) is 58.6 Å². The molecule has 0 spiro atoms. The second-order valence-corrected chi connectivity index (χ2v) is 5.47. The molecule has 3 heteroatoms. The van der Waals surface area contributed by atoms with Crippen molar-refractivity contribution in [2.75, 3.05) is 0 Å². The number of Topliss-reactive ketones (excluding diaryl/α,β-unsaturated/α-hetero) is 2. The van der Waals surface area contributed by atoms with Crippen molar-refractivity contribution >= 4 is 11.6 Å². The molecule has 100 valence electrons. The molecular weight excluding hydrogens is 252 g/mol. The van der Waals surface area contributed by atoms with Gasteiger partial charge in [0.05, 0.1) is 0 Å². The molecule has 0 amide bonds. The van der Waals surface area contributed by atoms with Gasteiger partial charge in [-0.2, -0.15) is 0 Å². The van der Waals surface area contributed by atoms with Gasteiger partial charge in [0.15, 0.2) is 11.6 Å². The Bertz CT molecular complexity index is 639. The maximum Gasteiger partial charge on any atom is 0.163 e. The van der Waals surface area contributed by atoms with Gasteiger partial charge in [0.2, 0.25) is 0 Å². The molecule has 3 nitrogen and oxygen atoms in total. The van der Waals surface area contributed by atoms with Crippen LogP contribution in [0.3, 0.4) is 0 Å².